The van der Waals surface area contributed by atoms with Crippen LogP contribution in [0.15, 0.2) is 60.1 Å². The lowest BCUT2D eigenvalue weighted by Crippen LogP contribution is -2.29. The van der Waals surface area contributed by atoms with Crippen molar-refractivity contribution in [3.63, 3.8) is 0 Å². The van der Waals surface area contributed by atoms with Gasteiger partial charge in [0, 0.05) is 23.4 Å². The standard InChI is InChI=1S/C21H12Cl2F3N3O6S/c22-16-4-2-1-3-12(16)7-8-36(33,34)28-19(30)15-10-14(5-6-18(15)29(31)32)35-20-17(23)9-13(11-27-20)21(24,25)26/h1-11H,(H,28,30). The molecule has 0 radical (unpaired) electrons. The lowest BCUT2D eigenvalue weighted by Gasteiger charge is -2.11. The molecule has 0 aliphatic rings. The van der Waals surface area contributed by atoms with E-state index in [9.17, 15) is 36.5 Å². The summed E-state index contributed by atoms with van der Waals surface area (Å²) in [6.45, 7) is 0. The Hall–Kier alpha value is -3.68. The number of nitro benzene ring substituents is 1. The van der Waals surface area contributed by atoms with Crippen LogP contribution in [0.4, 0.5) is 18.9 Å². The van der Waals surface area contributed by atoms with E-state index in [0.29, 0.717) is 23.2 Å². The second kappa shape index (κ2) is 10.5. The minimum Gasteiger partial charge on any atom is -0.438 e. The number of aromatic nitrogens is 1. The fourth-order valence-corrected chi connectivity index (χ4v) is 3.84. The minimum absolute atomic E-state index is 0.242. The van der Waals surface area contributed by atoms with Crippen LogP contribution >= 0.6 is 23.2 Å². The largest absolute Gasteiger partial charge is 0.438 e. The second-order valence-corrected chi connectivity index (χ2v) is 9.23. The van der Waals surface area contributed by atoms with Crippen molar-refractivity contribution >= 4 is 50.9 Å². The number of benzene rings is 2. The van der Waals surface area contributed by atoms with Gasteiger partial charge in [-0.3, -0.25) is 14.9 Å². The molecule has 9 nitrogen and oxygen atoms in total. The molecule has 15 heteroatoms. The van der Waals surface area contributed by atoms with E-state index in [-0.39, 0.29) is 10.8 Å². The zero-order valence-electron chi connectivity index (χ0n) is 17.5. The van der Waals surface area contributed by atoms with Gasteiger partial charge in [0.1, 0.15) is 16.3 Å². The third-order valence-corrected chi connectivity index (χ3v) is 5.90. The topological polar surface area (TPSA) is 128 Å². The van der Waals surface area contributed by atoms with Gasteiger partial charge in [0.2, 0.25) is 5.88 Å². The highest BCUT2D eigenvalue weighted by molar-refractivity contribution is 7.93. The molecule has 0 aliphatic carbocycles. The lowest BCUT2D eigenvalue weighted by molar-refractivity contribution is -0.385. The number of pyridine rings is 1. The highest BCUT2D eigenvalue weighted by Gasteiger charge is 2.32. The molecule has 188 valence electrons. The summed E-state index contributed by atoms with van der Waals surface area (Å²) in [5, 5.41) is 11.7. The van der Waals surface area contributed by atoms with Crippen molar-refractivity contribution in [1.29, 1.82) is 0 Å². The van der Waals surface area contributed by atoms with Crippen LogP contribution in [0.25, 0.3) is 6.08 Å². The van der Waals surface area contributed by atoms with Crippen molar-refractivity contribution < 1.29 is 36.0 Å². The van der Waals surface area contributed by atoms with Gasteiger partial charge in [-0.2, -0.15) is 13.2 Å². The van der Waals surface area contributed by atoms with E-state index in [0.717, 1.165) is 24.3 Å². The van der Waals surface area contributed by atoms with Gasteiger partial charge in [-0.25, -0.2) is 18.1 Å². The number of alkyl halides is 3. The number of carbonyl (C=O) groups excluding carboxylic acids is 1. The Labute approximate surface area is 211 Å². The summed E-state index contributed by atoms with van der Waals surface area (Å²) in [5.41, 5.74) is -2.29. The van der Waals surface area contributed by atoms with Crippen molar-refractivity contribution in [3.8, 4) is 11.6 Å². The summed E-state index contributed by atoms with van der Waals surface area (Å²) in [6.07, 6.45) is -3.14. The molecule has 2 aromatic carbocycles. The van der Waals surface area contributed by atoms with Crippen LogP contribution in [-0.4, -0.2) is 24.2 Å². The molecule has 1 amide bonds. The van der Waals surface area contributed by atoms with Crippen molar-refractivity contribution in [2.75, 3.05) is 0 Å². The van der Waals surface area contributed by atoms with E-state index in [1.54, 1.807) is 16.9 Å². The smallest absolute Gasteiger partial charge is 0.417 e. The Morgan fingerprint density at radius 2 is 1.81 bits per heavy atom. The van der Waals surface area contributed by atoms with Crippen molar-refractivity contribution in [1.82, 2.24) is 9.71 Å². The Balaban J connectivity index is 1.88. The second-order valence-electron chi connectivity index (χ2n) is 6.85. The molecule has 0 saturated carbocycles. The number of rotatable bonds is 7. The van der Waals surface area contributed by atoms with E-state index in [1.807, 2.05) is 0 Å². The first kappa shape index (κ1) is 26.9. The molecule has 1 N–H and O–H groups in total. The van der Waals surface area contributed by atoms with Crippen LogP contribution < -0.4 is 9.46 Å². The van der Waals surface area contributed by atoms with Gasteiger partial charge >= 0.3 is 6.18 Å². The van der Waals surface area contributed by atoms with Gasteiger partial charge in [0.05, 0.1) is 15.9 Å². The van der Waals surface area contributed by atoms with Gasteiger partial charge in [0.25, 0.3) is 21.6 Å². The molecule has 0 aliphatic heterocycles. The summed E-state index contributed by atoms with van der Waals surface area (Å²) in [5.74, 6) is -2.15. The zero-order chi connectivity index (χ0) is 26.7. The first-order valence-corrected chi connectivity index (χ1v) is 11.8. The molecular formula is C21H12Cl2F3N3O6S. The molecule has 3 aromatic rings. The van der Waals surface area contributed by atoms with Crippen LogP contribution in [0.2, 0.25) is 10.0 Å². The maximum Gasteiger partial charge on any atom is 0.417 e. The van der Waals surface area contributed by atoms with Gasteiger partial charge in [0.15, 0.2) is 0 Å². The average Bonchev–Trinajstić information content (AvgIpc) is 2.78. The molecule has 0 saturated heterocycles. The van der Waals surface area contributed by atoms with Crippen molar-refractivity contribution in [3.05, 3.63) is 97.0 Å². The quantitative estimate of drug-likeness (QED) is 0.283. The molecule has 0 unspecified atom stereocenters. The summed E-state index contributed by atoms with van der Waals surface area (Å²) in [6, 6.07) is 9.49. The number of halogens is 5. The highest BCUT2D eigenvalue weighted by atomic mass is 35.5. The van der Waals surface area contributed by atoms with E-state index in [4.69, 9.17) is 27.9 Å². The first-order chi connectivity index (χ1) is 16.8. The summed E-state index contributed by atoms with van der Waals surface area (Å²) < 4.78 is 69.9. The Kier molecular flexibility index (Phi) is 7.86. The van der Waals surface area contributed by atoms with Gasteiger partial charge in [-0.1, -0.05) is 41.4 Å². The van der Waals surface area contributed by atoms with Gasteiger partial charge < -0.3 is 4.74 Å². The predicted molar refractivity (Wildman–Crippen MR) is 124 cm³/mol. The van der Waals surface area contributed by atoms with Crippen LogP contribution in [0, 0.1) is 10.1 Å². The number of nitrogens with one attached hydrogen (secondary N) is 1. The van der Waals surface area contributed by atoms with Crippen LogP contribution in [-0.2, 0) is 16.2 Å². The van der Waals surface area contributed by atoms with E-state index in [2.05, 4.69) is 4.98 Å². The first-order valence-electron chi connectivity index (χ1n) is 9.45. The maximum absolute atomic E-state index is 12.8. The molecular weight excluding hydrogens is 550 g/mol. The third kappa shape index (κ3) is 6.71. The van der Waals surface area contributed by atoms with Crippen molar-refractivity contribution in [2.45, 2.75) is 6.18 Å². The molecule has 0 spiro atoms. The number of ether oxygens (including phenoxy) is 1. The lowest BCUT2D eigenvalue weighted by atomic mass is 10.1. The zero-order valence-corrected chi connectivity index (χ0v) is 19.8. The number of hydrogen-bond donors (Lipinski definition) is 1. The molecule has 1 heterocycles. The molecule has 1 aromatic heterocycles. The average molecular weight is 562 g/mol. The normalized spacial score (nSPS) is 11.9. The predicted octanol–water partition coefficient (Wildman–Crippen LogP) is 5.84. The highest BCUT2D eigenvalue weighted by Crippen LogP contribution is 2.35. The number of nitrogens with zero attached hydrogens (tertiary/aromatic N) is 2. The van der Waals surface area contributed by atoms with Crippen molar-refractivity contribution in [2.24, 2.45) is 0 Å². The summed E-state index contributed by atoms with van der Waals surface area (Å²) in [7, 11) is -4.43. The maximum atomic E-state index is 12.8. The number of sulfonamides is 1. The molecule has 0 atom stereocenters. The van der Waals surface area contributed by atoms with E-state index >= 15 is 0 Å². The molecule has 36 heavy (non-hydrogen) atoms. The SMILES string of the molecule is O=C(NS(=O)(=O)C=Cc1ccccc1Cl)c1cc(Oc2ncc(C(F)(F)F)cc2Cl)ccc1[N+](=O)[O-]. The fraction of sp³-hybridized carbons (Fsp3) is 0.0476. The number of hydrogen-bond acceptors (Lipinski definition) is 7. The van der Waals surface area contributed by atoms with Crippen LogP contribution in [0.5, 0.6) is 11.6 Å². The van der Waals surface area contributed by atoms with E-state index < -0.39 is 54.7 Å². The molecule has 0 bridgehead atoms. The Morgan fingerprint density at radius 1 is 1.11 bits per heavy atom. The Morgan fingerprint density at radius 3 is 2.42 bits per heavy atom. The third-order valence-electron chi connectivity index (χ3n) is 4.33. The van der Waals surface area contributed by atoms with Crippen LogP contribution in [0.3, 0.4) is 0 Å². The Bertz CT molecular complexity index is 1480. The molecule has 0 fully saturated rings. The number of nitro groups is 1. The number of carbonyl (C=O) groups is 1. The van der Waals surface area contributed by atoms with Crippen LogP contribution in [0.1, 0.15) is 21.5 Å². The summed E-state index contributed by atoms with van der Waals surface area (Å²) in [4.78, 5) is 26.5. The summed E-state index contributed by atoms with van der Waals surface area (Å²) >= 11 is 11.7. The monoisotopic (exact) mass is 561 g/mol. The molecule has 3 rings (SSSR count). The number of amides is 1. The minimum atomic E-state index is -4.71. The van der Waals surface area contributed by atoms with Gasteiger partial charge in [-0.15, -0.1) is 0 Å². The fourth-order valence-electron chi connectivity index (χ4n) is 2.68. The van der Waals surface area contributed by atoms with E-state index in [1.165, 1.54) is 12.1 Å². The van der Waals surface area contributed by atoms with Gasteiger partial charge in [-0.05, 0) is 29.8 Å².